The Morgan fingerprint density at radius 1 is 1.04 bits per heavy atom. The van der Waals surface area contributed by atoms with E-state index in [0.29, 0.717) is 11.8 Å². The van der Waals surface area contributed by atoms with Crippen molar-refractivity contribution in [2.45, 2.75) is 26.1 Å². The second-order valence-electron chi connectivity index (χ2n) is 6.13. The smallest absolute Gasteiger partial charge is 0.379 e. The zero-order valence-electron chi connectivity index (χ0n) is 14.3. The van der Waals surface area contributed by atoms with E-state index < -0.39 is 23.9 Å². The van der Waals surface area contributed by atoms with Crippen LogP contribution in [0.1, 0.15) is 13.8 Å². The molecule has 0 aliphatic carbocycles. The molecule has 1 amide bonds. The number of ketones is 1. The second kappa shape index (κ2) is 8.03. The molecule has 7 heteroatoms. The number of carbonyl (C=O) groups excluding carboxylic acids is 2. The average molecular weight is 364 g/mol. The zero-order chi connectivity index (χ0) is 19.3. The van der Waals surface area contributed by atoms with Crippen LogP contribution in [0.5, 0.6) is 0 Å². The highest BCUT2D eigenvalue weighted by molar-refractivity contribution is 5.98. The molecule has 26 heavy (non-hydrogen) atoms. The third-order valence-electron chi connectivity index (χ3n) is 3.76. The van der Waals surface area contributed by atoms with Crippen LogP contribution in [0.15, 0.2) is 54.7 Å². The van der Waals surface area contributed by atoms with E-state index in [2.05, 4.69) is 10.6 Å². The Morgan fingerprint density at radius 2 is 1.69 bits per heavy atom. The lowest BCUT2D eigenvalue weighted by atomic mass is 10.0. The van der Waals surface area contributed by atoms with Gasteiger partial charge in [-0.15, -0.1) is 0 Å². The van der Waals surface area contributed by atoms with Crippen molar-refractivity contribution in [1.82, 2.24) is 5.32 Å². The number of nitrogens with one attached hydrogen (secondary N) is 2. The molecule has 0 heterocycles. The second-order valence-corrected chi connectivity index (χ2v) is 6.13. The Hall–Kier alpha value is -2.83. The first-order valence-electron chi connectivity index (χ1n) is 8.02. The molecule has 2 N–H and O–H groups in total. The van der Waals surface area contributed by atoms with Crippen LogP contribution in [-0.4, -0.2) is 23.9 Å². The molecule has 2 rings (SSSR count). The van der Waals surface area contributed by atoms with Gasteiger partial charge in [0.2, 0.25) is 5.91 Å². The molecule has 1 atom stereocenters. The highest BCUT2D eigenvalue weighted by Gasteiger charge is 2.36. The van der Waals surface area contributed by atoms with Crippen molar-refractivity contribution < 1.29 is 22.8 Å². The first-order chi connectivity index (χ1) is 12.2. The third kappa shape index (κ3) is 5.08. The molecule has 0 saturated heterocycles. The van der Waals surface area contributed by atoms with E-state index in [0.717, 1.165) is 17.0 Å². The molecule has 0 radical (unpaired) electrons. The Bertz CT molecular complexity index is 829. The van der Waals surface area contributed by atoms with Gasteiger partial charge in [-0.05, 0) is 28.8 Å². The lowest BCUT2D eigenvalue weighted by Crippen LogP contribution is -2.42. The lowest BCUT2D eigenvalue weighted by molar-refractivity contribution is -0.165. The molecule has 1 unspecified atom stereocenters. The quantitative estimate of drug-likeness (QED) is 0.761. The van der Waals surface area contributed by atoms with Gasteiger partial charge in [0.25, 0.3) is 5.78 Å². The van der Waals surface area contributed by atoms with Gasteiger partial charge in [-0.3, -0.25) is 9.59 Å². The number of hydrogen-bond acceptors (Lipinski definition) is 3. The fourth-order valence-electron chi connectivity index (χ4n) is 2.38. The number of carbonyl (C=O) groups is 2. The maximum absolute atomic E-state index is 12.4. The fraction of sp³-hybridized carbons (Fsp3) is 0.263. The predicted molar refractivity (Wildman–Crippen MR) is 94.5 cm³/mol. The summed E-state index contributed by atoms with van der Waals surface area (Å²) in [6.07, 6.45) is -3.70. The summed E-state index contributed by atoms with van der Waals surface area (Å²) in [6, 6.07) is 12.3. The highest BCUT2D eigenvalue weighted by Crippen LogP contribution is 2.19. The SMILES string of the molecule is CC(C)C(NC=CC(=O)C(F)(F)F)C(=O)Nc1ccc2ccccc2c1. The number of anilines is 1. The normalized spacial score (nSPS) is 13.2. The van der Waals surface area contributed by atoms with Crippen LogP contribution in [-0.2, 0) is 9.59 Å². The Labute approximate surface area is 149 Å². The van der Waals surface area contributed by atoms with Gasteiger partial charge in [-0.25, -0.2) is 0 Å². The highest BCUT2D eigenvalue weighted by atomic mass is 19.4. The number of halogens is 3. The largest absolute Gasteiger partial charge is 0.454 e. The van der Waals surface area contributed by atoms with Gasteiger partial charge in [0, 0.05) is 18.0 Å². The molecule has 138 valence electrons. The number of fused-ring (bicyclic) bond motifs is 1. The molecule has 2 aromatic rings. The van der Waals surface area contributed by atoms with Crippen LogP contribution >= 0.6 is 0 Å². The predicted octanol–water partition coefficient (Wildman–Crippen LogP) is 4.04. The van der Waals surface area contributed by atoms with Crippen LogP contribution < -0.4 is 10.6 Å². The summed E-state index contributed by atoms with van der Waals surface area (Å²) < 4.78 is 36.6. The van der Waals surface area contributed by atoms with Gasteiger partial charge in [0.15, 0.2) is 0 Å². The molecule has 0 aliphatic heterocycles. The molecule has 0 aromatic heterocycles. The van der Waals surface area contributed by atoms with E-state index in [4.69, 9.17) is 0 Å². The minimum absolute atomic E-state index is 0.207. The number of amides is 1. The minimum Gasteiger partial charge on any atom is -0.379 e. The summed E-state index contributed by atoms with van der Waals surface area (Å²) in [6.45, 7) is 3.49. The van der Waals surface area contributed by atoms with Crippen LogP contribution in [0.2, 0.25) is 0 Å². The standard InChI is InChI=1S/C19H19F3N2O2/c1-12(2)17(23-10-9-16(25)19(20,21)22)18(26)24-15-8-7-13-5-3-4-6-14(13)11-15/h3-12,17,23H,1-2H3,(H,24,26). The van der Waals surface area contributed by atoms with E-state index in [-0.39, 0.29) is 5.92 Å². The van der Waals surface area contributed by atoms with E-state index in [1.807, 2.05) is 36.4 Å². The summed E-state index contributed by atoms with van der Waals surface area (Å²) in [5.41, 5.74) is 0.580. The minimum atomic E-state index is -4.93. The number of hydrogen-bond donors (Lipinski definition) is 2. The van der Waals surface area contributed by atoms with Crippen molar-refractivity contribution in [2.75, 3.05) is 5.32 Å². The van der Waals surface area contributed by atoms with Gasteiger partial charge in [-0.2, -0.15) is 13.2 Å². The van der Waals surface area contributed by atoms with Gasteiger partial charge < -0.3 is 10.6 Å². The van der Waals surface area contributed by atoms with Gasteiger partial charge >= 0.3 is 6.18 Å². The van der Waals surface area contributed by atoms with E-state index in [9.17, 15) is 22.8 Å². The van der Waals surface area contributed by atoms with Crippen LogP contribution in [0, 0.1) is 5.92 Å². The van der Waals surface area contributed by atoms with Crippen molar-refractivity contribution >= 4 is 28.2 Å². The van der Waals surface area contributed by atoms with Crippen LogP contribution in [0.25, 0.3) is 10.8 Å². The number of alkyl halides is 3. The molecule has 0 bridgehead atoms. The maximum Gasteiger partial charge on any atom is 0.454 e. The molecule has 0 spiro atoms. The van der Waals surface area contributed by atoms with Gasteiger partial charge in [-0.1, -0.05) is 44.2 Å². The summed E-state index contributed by atoms with van der Waals surface area (Å²) in [4.78, 5) is 23.3. The molecule has 4 nitrogen and oxygen atoms in total. The summed E-state index contributed by atoms with van der Waals surface area (Å²) in [7, 11) is 0. The molecule has 2 aromatic carbocycles. The van der Waals surface area contributed by atoms with Crippen LogP contribution in [0.4, 0.5) is 18.9 Å². The summed E-state index contributed by atoms with van der Waals surface area (Å²) >= 11 is 0. The van der Waals surface area contributed by atoms with Crippen molar-refractivity contribution in [1.29, 1.82) is 0 Å². The maximum atomic E-state index is 12.4. The topological polar surface area (TPSA) is 58.2 Å². The molecular formula is C19H19F3N2O2. The number of rotatable bonds is 6. The number of benzene rings is 2. The summed E-state index contributed by atoms with van der Waals surface area (Å²) in [5, 5.41) is 7.29. The lowest BCUT2D eigenvalue weighted by Gasteiger charge is -2.20. The molecule has 0 aliphatic rings. The molecule has 0 saturated carbocycles. The van der Waals surface area contributed by atoms with E-state index in [1.54, 1.807) is 19.9 Å². The Balaban J connectivity index is 2.07. The van der Waals surface area contributed by atoms with Gasteiger partial charge in [0.1, 0.15) is 6.04 Å². The van der Waals surface area contributed by atoms with Crippen LogP contribution in [0.3, 0.4) is 0 Å². The summed E-state index contributed by atoms with van der Waals surface area (Å²) in [5.74, 6) is -2.59. The third-order valence-corrected chi connectivity index (χ3v) is 3.76. The monoisotopic (exact) mass is 364 g/mol. The average Bonchev–Trinajstić information content (AvgIpc) is 2.57. The first-order valence-corrected chi connectivity index (χ1v) is 8.02. The molecule has 0 fully saturated rings. The van der Waals surface area contributed by atoms with Gasteiger partial charge in [0.05, 0.1) is 0 Å². The Morgan fingerprint density at radius 3 is 2.31 bits per heavy atom. The van der Waals surface area contributed by atoms with E-state index in [1.165, 1.54) is 0 Å². The number of allylic oxidation sites excluding steroid dienone is 1. The Kier molecular flexibility index (Phi) is 6.02. The zero-order valence-corrected chi connectivity index (χ0v) is 14.3. The van der Waals surface area contributed by atoms with Crippen molar-refractivity contribution in [2.24, 2.45) is 5.92 Å². The first kappa shape index (κ1) is 19.5. The van der Waals surface area contributed by atoms with Crippen molar-refractivity contribution in [3.63, 3.8) is 0 Å². The van der Waals surface area contributed by atoms with Crippen molar-refractivity contribution in [3.05, 3.63) is 54.7 Å². The fourth-order valence-corrected chi connectivity index (χ4v) is 2.38. The van der Waals surface area contributed by atoms with E-state index >= 15 is 0 Å². The van der Waals surface area contributed by atoms with Crippen molar-refractivity contribution in [3.8, 4) is 0 Å². The molecular weight excluding hydrogens is 345 g/mol.